The van der Waals surface area contributed by atoms with E-state index in [2.05, 4.69) is 18.0 Å². The Morgan fingerprint density at radius 3 is 2.75 bits per heavy atom. The van der Waals surface area contributed by atoms with Crippen molar-refractivity contribution in [2.24, 2.45) is 5.92 Å². The van der Waals surface area contributed by atoms with Crippen LogP contribution < -0.4 is 0 Å². The zero-order valence-electron chi connectivity index (χ0n) is 9.35. The van der Waals surface area contributed by atoms with E-state index in [0.717, 1.165) is 29.2 Å². The minimum absolute atomic E-state index is 0.615. The third-order valence-electron chi connectivity index (χ3n) is 3.54. The second-order valence-corrected chi connectivity index (χ2v) is 4.95. The molecule has 1 aromatic carbocycles. The van der Waals surface area contributed by atoms with Crippen LogP contribution in [-0.4, -0.2) is 10.1 Å². The molecule has 3 rings (SSSR count). The molecule has 16 heavy (non-hydrogen) atoms. The summed E-state index contributed by atoms with van der Waals surface area (Å²) in [6, 6.07) is 8.11. The van der Waals surface area contributed by atoms with Gasteiger partial charge in [-0.1, -0.05) is 31.2 Å². The molecule has 2 nitrogen and oxygen atoms in total. The maximum Gasteiger partial charge on any atom is 0.0922 e. The number of fused-ring (bicyclic) bond motifs is 1. The summed E-state index contributed by atoms with van der Waals surface area (Å²) in [5.41, 5.74) is 0.344. The van der Waals surface area contributed by atoms with Crippen molar-refractivity contribution in [3.63, 3.8) is 0 Å². The predicted octanol–water partition coefficient (Wildman–Crippen LogP) is 2.85. The Hall–Kier alpha value is -1.41. The monoisotopic (exact) mass is 213 g/mol. The van der Waals surface area contributed by atoms with E-state index in [9.17, 15) is 5.11 Å². The predicted molar refractivity (Wildman–Crippen MR) is 64.0 cm³/mol. The molecule has 1 aromatic heterocycles. The van der Waals surface area contributed by atoms with E-state index in [1.807, 2.05) is 30.6 Å². The van der Waals surface area contributed by atoms with Crippen molar-refractivity contribution in [2.75, 3.05) is 0 Å². The molecule has 2 heteroatoms. The summed E-state index contributed by atoms with van der Waals surface area (Å²) < 4.78 is 0. The number of aromatic nitrogens is 1. The quantitative estimate of drug-likeness (QED) is 0.790. The molecule has 82 valence electrons. The van der Waals surface area contributed by atoms with Crippen molar-refractivity contribution in [3.8, 4) is 0 Å². The number of rotatable bonds is 1. The van der Waals surface area contributed by atoms with E-state index in [0.29, 0.717) is 5.92 Å². The normalized spacial score (nSPS) is 29.0. The van der Waals surface area contributed by atoms with Gasteiger partial charge in [0.1, 0.15) is 0 Å². The lowest BCUT2D eigenvalue weighted by molar-refractivity contribution is -0.0728. The molecule has 0 aliphatic heterocycles. The highest BCUT2D eigenvalue weighted by atomic mass is 16.3. The van der Waals surface area contributed by atoms with Gasteiger partial charge in [0.2, 0.25) is 0 Å². The molecule has 1 aliphatic carbocycles. The van der Waals surface area contributed by atoms with Crippen LogP contribution in [0.3, 0.4) is 0 Å². The standard InChI is InChI=1S/C14H15NO/c1-10-6-14(16,7-10)13-9-15-8-11-4-2-3-5-12(11)13/h2-5,8-10,16H,6-7H2,1H3. The van der Waals surface area contributed by atoms with Gasteiger partial charge in [0.05, 0.1) is 5.60 Å². The molecule has 1 aliphatic rings. The van der Waals surface area contributed by atoms with E-state index in [-0.39, 0.29) is 0 Å². The molecule has 0 amide bonds. The Labute approximate surface area is 94.9 Å². The van der Waals surface area contributed by atoms with Crippen LogP contribution in [0.15, 0.2) is 36.7 Å². The van der Waals surface area contributed by atoms with Crippen LogP contribution >= 0.6 is 0 Å². The Kier molecular flexibility index (Phi) is 2.01. The molecule has 0 saturated heterocycles. The summed E-state index contributed by atoms with van der Waals surface area (Å²) in [6.45, 7) is 2.17. The first-order chi connectivity index (χ1) is 7.69. The lowest BCUT2D eigenvalue weighted by atomic mass is 9.68. The van der Waals surface area contributed by atoms with Crippen LogP contribution in [0.25, 0.3) is 10.8 Å². The first-order valence-electron chi connectivity index (χ1n) is 5.75. The van der Waals surface area contributed by atoms with E-state index in [4.69, 9.17) is 0 Å². The summed E-state index contributed by atoms with van der Waals surface area (Å²) in [7, 11) is 0. The second kappa shape index (κ2) is 3.29. The van der Waals surface area contributed by atoms with Gasteiger partial charge in [-0.25, -0.2) is 0 Å². The van der Waals surface area contributed by atoms with Crippen molar-refractivity contribution >= 4 is 10.8 Å². The van der Waals surface area contributed by atoms with Crippen LogP contribution in [0.1, 0.15) is 25.3 Å². The molecular weight excluding hydrogens is 198 g/mol. The van der Waals surface area contributed by atoms with Crippen LogP contribution in [-0.2, 0) is 5.60 Å². The molecule has 1 N–H and O–H groups in total. The number of pyridine rings is 1. The molecule has 0 bridgehead atoms. The SMILES string of the molecule is CC1CC(O)(c2cncc3ccccc23)C1. The maximum absolute atomic E-state index is 10.5. The van der Waals surface area contributed by atoms with E-state index in [1.54, 1.807) is 0 Å². The zero-order chi connectivity index (χ0) is 11.2. The summed E-state index contributed by atoms with van der Waals surface area (Å²) in [6.07, 6.45) is 5.36. The molecular formula is C14H15NO. The Balaban J connectivity index is 2.17. The molecule has 2 aromatic rings. The summed E-state index contributed by atoms with van der Waals surface area (Å²) in [5.74, 6) is 0.615. The highest BCUT2D eigenvalue weighted by molar-refractivity contribution is 5.85. The van der Waals surface area contributed by atoms with Gasteiger partial charge in [0.15, 0.2) is 0 Å². The maximum atomic E-state index is 10.5. The topological polar surface area (TPSA) is 33.1 Å². The molecule has 1 saturated carbocycles. The van der Waals surface area contributed by atoms with E-state index in [1.165, 1.54) is 0 Å². The molecule has 0 atom stereocenters. The van der Waals surface area contributed by atoms with Gasteiger partial charge in [-0.2, -0.15) is 0 Å². The third kappa shape index (κ3) is 1.34. The van der Waals surface area contributed by atoms with E-state index < -0.39 is 5.60 Å². The highest BCUT2D eigenvalue weighted by Crippen LogP contribution is 2.46. The summed E-state index contributed by atoms with van der Waals surface area (Å²) in [5, 5.41) is 12.7. The second-order valence-electron chi connectivity index (χ2n) is 4.95. The number of benzene rings is 1. The molecule has 0 radical (unpaired) electrons. The Morgan fingerprint density at radius 2 is 2.00 bits per heavy atom. The van der Waals surface area contributed by atoms with Gasteiger partial charge in [0, 0.05) is 23.3 Å². The van der Waals surface area contributed by atoms with Crippen LogP contribution in [0.2, 0.25) is 0 Å². The van der Waals surface area contributed by atoms with Gasteiger partial charge in [-0.3, -0.25) is 4.98 Å². The fourth-order valence-corrected chi connectivity index (χ4v) is 2.80. The van der Waals surface area contributed by atoms with Crippen molar-refractivity contribution in [3.05, 3.63) is 42.2 Å². The number of hydrogen-bond donors (Lipinski definition) is 1. The first kappa shape index (κ1) is 9.79. The highest BCUT2D eigenvalue weighted by Gasteiger charge is 2.42. The fourth-order valence-electron chi connectivity index (χ4n) is 2.80. The van der Waals surface area contributed by atoms with Crippen molar-refractivity contribution in [1.29, 1.82) is 0 Å². The van der Waals surface area contributed by atoms with Gasteiger partial charge in [-0.05, 0) is 24.1 Å². The van der Waals surface area contributed by atoms with E-state index >= 15 is 0 Å². The lowest BCUT2D eigenvalue weighted by Gasteiger charge is -2.42. The minimum atomic E-state index is -0.646. The Bertz CT molecular complexity index is 524. The lowest BCUT2D eigenvalue weighted by Crippen LogP contribution is -2.40. The van der Waals surface area contributed by atoms with Crippen molar-refractivity contribution in [2.45, 2.75) is 25.4 Å². The molecule has 0 spiro atoms. The van der Waals surface area contributed by atoms with Gasteiger partial charge < -0.3 is 5.11 Å². The number of aliphatic hydroxyl groups is 1. The van der Waals surface area contributed by atoms with Gasteiger partial charge in [-0.15, -0.1) is 0 Å². The summed E-state index contributed by atoms with van der Waals surface area (Å²) in [4.78, 5) is 4.23. The summed E-state index contributed by atoms with van der Waals surface area (Å²) >= 11 is 0. The molecule has 1 heterocycles. The minimum Gasteiger partial charge on any atom is -0.385 e. The smallest absolute Gasteiger partial charge is 0.0922 e. The van der Waals surface area contributed by atoms with Crippen LogP contribution in [0.4, 0.5) is 0 Å². The first-order valence-corrected chi connectivity index (χ1v) is 5.75. The average molecular weight is 213 g/mol. The Morgan fingerprint density at radius 1 is 1.25 bits per heavy atom. The van der Waals surface area contributed by atoms with Crippen LogP contribution in [0.5, 0.6) is 0 Å². The van der Waals surface area contributed by atoms with Crippen molar-refractivity contribution < 1.29 is 5.11 Å². The van der Waals surface area contributed by atoms with Crippen molar-refractivity contribution in [1.82, 2.24) is 4.98 Å². The third-order valence-corrected chi connectivity index (χ3v) is 3.54. The van der Waals surface area contributed by atoms with Gasteiger partial charge >= 0.3 is 0 Å². The molecule has 1 fully saturated rings. The fraction of sp³-hybridized carbons (Fsp3) is 0.357. The van der Waals surface area contributed by atoms with Crippen LogP contribution in [0, 0.1) is 5.92 Å². The zero-order valence-corrected chi connectivity index (χ0v) is 9.35. The molecule has 0 unspecified atom stereocenters. The average Bonchev–Trinajstić information content (AvgIpc) is 2.26. The largest absolute Gasteiger partial charge is 0.385 e. The number of nitrogens with zero attached hydrogens (tertiary/aromatic N) is 1. The van der Waals surface area contributed by atoms with Gasteiger partial charge in [0.25, 0.3) is 0 Å². The number of hydrogen-bond acceptors (Lipinski definition) is 2.